The van der Waals surface area contributed by atoms with Gasteiger partial charge in [0.1, 0.15) is 23.1 Å². The molecule has 0 atom stereocenters. The molecule has 2 aromatic carbocycles. The zero-order valence-corrected chi connectivity index (χ0v) is 18.5. The maximum Gasteiger partial charge on any atom is 0.270 e. The lowest BCUT2D eigenvalue weighted by molar-refractivity contribution is -0.113. The van der Waals surface area contributed by atoms with Crippen molar-refractivity contribution in [2.45, 2.75) is 0 Å². The van der Waals surface area contributed by atoms with Crippen molar-refractivity contribution in [1.82, 2.24) is 0 Å². The molecule has 1 amide bonds. The Kier molecular flexibility index (Phi) is 5.88. The van der Waals surface area contributed by atoms with E-state index in [-0.39, 0.29) is 10.9 Å². The van der Waals surface area contributed by atoms with Crippen molar-refractivity contribution in [1.29, 1.82) is 0 Å². The summed E-state index contributed by atoms with van der Waals surface area (Å²) in [5.74, 6) is 0.706. The largest absolute Gasteiger partial charge is 0.496 e. The molecule has 3 aromatic rings. The molecule has 1 aliphatic heterocycles. The van der Waals surface area contributed by atoms with Crippen LogP contribution < -0.4 is 9.64 Å². The van der Waals surface area contributed by atoms with Crippen LogP contribution in [0.3, 0.4) is 0 Å². The minimum Gasteiger partial charge on any atom is -0.496 e. The molecule has 0 unspecified atom stereocenters. The second-order valence-electron chi connectivity index (χ2n) is 6.16. The Morgan fingerprint density at radius 1 is 1.17 bits per heavy atom. The molecule has 1 saturated heterocycles. The van der Waals surface area contributed by atoms with Crippen LogP contribution in [0.5, 0.6) is 5.75 Å². The van der Waals surface area contributed by atoms with Gasteiger partial charge in [0.2, 0.25) is 0 Å². The van der Waals surface area contributed by atoms with E-state index in [9.17, 15) is 9.18 Å². The van der Waals surface area contributed by atoms with Gasteiger partial charge in [0.05, 0.1) is 28.3 Å². The third kappa shape index (κ3) is 3.98. The van der Waals surface area contributed by atoms with Crippen LogP contribution in [0.4, 0.5) is 10.1 Å². The number of amides is 1. The summed E-state index contributed by atoms with van der Waals surface area (Å²) in [5.41, 5.74) is 1.09. The van der Waals surface area contributed by atoms with E-state index < -0.39 is 5.82 Å². The van der Waals surface area contributed by atoms with Crippen LogP contribution in [0.25, 0.3) is 17.4 Å². The number of furan rings is 1. The van der Waals surface area contributed by atoms with Crippen LogP contribution in [-0.4, -0.2) is 17.3 Å². The number of carbonyl (C=O) groups excluding carboxylic acids is 1. The van der Waals surface area contributed by atoms with Crippen molar-refractivity contribution in [3.05, 3.63) is 75.1 Å². The van der Waals surface area contributed by atoms with Gasteiger partial charge in [-0.3, -0.25) is 9.69 Å². The summed E-state index contributed by atoms with van der Waals surface area (Å²) < 4.78 is 25.0. The smallest absolute Gasteiger partial charge is 0.270 e. The van der Waals surface area contributed by atoms with Gasteiger partial charge in [0.25, 0.3) is 5.91 Å². The molecule has 1 aliphatic rings. The minimum absolute atomic E-state index is 0.0864. The van der Waals surface area contributed by atoms with E-state index in [0.29, 0.717) is 42.8 Å². The second kappa shape index (κ2) is 8.43. The number of ether oxygens (including phenoxy) is 1. The minimum atomic E-state index is -0.569. The van der Waals surface area contributed by atoms with E-state index >= 15 is 0 Å². The average Bonchev–Trinajstić information content (AvgIpc) is 3.29. The highest BCUT2D eigenvalue weighted by Gasteiger charge is 2.34. The van der Waals surface area contributed by atoms with Crippen molar-refractivity contribution in [3.63, 3.8) is 0 Å². The fourth-order valence-electron chi connectivity index (χ4n) is 2.89. The molecule has 1 aromatic heterocycles. The Morgan fingerprint density at radius 2 is 1.97 bits per heavy atom. The Bertz CT molecular complexity index is 1210. The maximum absolute atomic E-state index is 13.5. The first-order chi connectivity index (χ1) is 14.4. The van der Waals surface area contributed by atoms with Crippen LogP contribution in [0, 0.1) is 5.82 Å². The number of carbonyl (C=O) groups is 1. The van der Waals surface area contributed by atoms with Crippen LogP contribution in [0.15, 0.2) is 57.9 Å². The number of halogens is 3. The van der Waals surface area contributed by atoms with E-state index in [1.807, 2.05) is 0 Å². The highest BCUT2D eigenvalue weighted by atomic mass is 35.5. The standard InChI is InChI=1S/C21H12Cl2FNO3S2/c1-27-17-6-2-11(22)8-14(17)18-7-4-13(28-18)10-19-20(26)25(21(29)30-19)12-3-5-16(24)15(23)9-12/h2-10H,1H3. The number of rotatable bonds is 4. The lowest BCUT2D eigenvalue weighted by Gasteiger charge is -2.14. The number of nitrogens with zero attached hydrogens (tertiary/aromatic N) is 1. The molecule has 2 heterocycles. The van der Waals surface area contributed by atoms with Crippen molar-refractivity contribution < 1.29 is 18.3 Å². The zero-order valence-electron chi connectivity index (χ0n) is 15.3. The number of hydrogen-bond acceptors (Lipinski definition) is 5. The molecule has 4 nitrogen and oxygen atoms in total. The van der Waals surface area contributed by atoms with E-state index in [1.165, 1.54) is 23.1 Å². The summed E-state index contributed by atoms with van der Waals surface area (Å²) in [6.45, 7) is 0. The second-order valence-corrected chi connectivity index (χ2v) is 8.68. The normalized spacial score (nSPS) is 15.3. The number of methoxy groups -OCH3 is 1. The number of anilines is 1. The summed E-state index contributed by atoms with van der Waals surface area (Å²) in [7, 11) is 1.56. The predicted molar refractivity (Wildman–Crippen MR) is 123 cm³/mol. The van der Waals surface area contributed by atoms with Crippen molar-refractivity contribution in [2.75, 3.05) is 12.0 Å². The summed E-state index contributed by atoms with van der Waals surface area (Å²) in [4.78, 5) is 14.6. The Hall–Kier alpha value is -2.32. The molecule has 0 aliphatic carbocycles. The van der Waals surface area contributed by atoms with Gasteiger partial charge < -0.3 is 9.15 Å². The third-order valence-corrected chi connectivity index (χ3v) is 6.11. The molecular formula is C21H12Cl2FNO3S2. The van der Waals surface area contributed by atoms with Crippen LogP contribution in [0.1, 0.15) is 5.76 Å². The lowest BCUT2D eigenvalue weighted by atomic mass is 10.1. The van der Waals surface area contributed by atoms with Crippen LogP contribution in [0.2, 0.25) is 10.0 Å². The van der Waals surface area contributed by atoms with Gasteiger partial charge in [0.15, 0.2) is 4.32 Å². The number of thiocarbonyl (C=S) groups is 1. The Labute approximate surface area is 191 Å². The molecule has 0 spiro atoms. The van der Waals surface area contributed by atoms with Crippen molar-refractivity contribution in [3.8, 4) is 17.1 Å². The summed E-state index contributed by atoms with van der Waals surface area (Å²) in [6, 6.07) is 12.7. The first kappa shape index (κ1) is 20.9. The summed E-state index contributed by atoms with van der Waals surface area (Å²) in [6.07, 6.45) is 1.60. The predicted octanol–water partition coefficient (Wildman–Crippen LogP) is 6.81. The summed E-state index contributed by atoms with van der Waals surface area (Å²) >= 11 is 18.4. The quantitative estimate of drug-likeness (QED) is 0.303. The van der Waals surface area contributed by atoms with Crippen molar-refractivity contribution >= 4 is 69.2 Å². The highest BCUT2D eigenvalue weighted by molar-refractivity contribution is 8.27. The molecule has 4 rings (SSSR count). The maximum atomic E-state index is 13.5. The molecule has 0 bridgehead atoms. The number of benzene rings is 2. The topological polar surface area (TPSA) is 42.7 Å². The first-order valence-corrected chi connectivity index (χ1v) is 10.5. The van der Waals surface area contributed by atoms with Gasteiger partial charge in [-0.15, -0.1) is 0 Å². The Balaban J connectivity index is 1.64. The van der Waals surface area contributed by atoms with Gasteiger partial charge in [-0.2, -0.15) is 0 Å². The molecule has 1 fully saturated rings. The van der Waals surface area contributed by atoms with Gasteiger partial charge >= 0.3 is 0 Å². The molecule has 0 radical (unpaired) electrons. The SMILES string of the molecule is COc1ccc(Cl)cc1-c1ccc(C=C2SC(=S)N(c3ccc(F)c(Cl)c3)C2=O)o1. The monoisotopic (exact) mass is 479 g/mol. The first-order valence-electron chi connectivity index (χ1n) is 8.54. The summed E-state index contributed by atoms with van der Waals surface area (Å²) in [5, 5.41) is 0.458. The molecule has 9 heteroatoms. The third-order valence-electron chi connectivity index (χ3n) is 4.28. The van der Waals surface area contributed by atoms with Gasteiger partial charge in [-0.1, -0.05) is 47.2 Å². The number of thioether (sulfide) groups is 1. The van der Waals surface area contributed by atoms with Gasteiger partial charge in [0, 0.05) is 11.1 Å². The van der Waals surface area contributed by atoms with Gasteiger partial charge in [-0.05, 0) is 48.5 Å². The van der Waals surface area contributed by atoms with E-state index in [1.54, 1.807) is 43.5 Å². The average molecular weight is 480 g/mol. The molecule has 30 heavy (non-hydrogen) atoms. The lowest BCUT2D eigenvalue weighted by Crippen LogP contribution is -2.27. The van der Waals surface area contributed by atoms with Crippen LogP contribution >= 0.6 is 47.2 Å². The fraction of sp³-hybridized carbons (Fsp3) is 0.0476. The number of hydrogen-bond donors (Lipinski definition) is 0. The molecule has 0 N–H and O–H groups in total. The van der Waals surface area contributed by atoms with Gasteiger partial charge in [-0.25, -0.2) is 4.39 Å². The zero-order chi connectivity index (χ0) is 21.4. The van der Waals surface area contributed by atoms with E-state index in [0.717, 1.165) is 11.8 Å². The van der Waals surface area contributed by atoms with Crippen molar-refractivity contribution in [2.24, 2.45) is 0 Å². The Morgan fingerprint density at radius 3 is 2.70 bits per heavy atom. The van der Waals surface area contributed by atoms with Crippen LogP contribution in [-0.2, 0) is 4.79 Å². The molecule has 152 valence electrons. The molecular weight excluding hydrogens is 468 g/mol. The van der Waals surface area contributed by atoms with E-state index in [2.05, 4.69) is 0 Å². The highest BCUT2D eigenvalue weighted by Crippen LogP contribution is 2.38. The molecule has 0 saturated carbocycles. The fourth-order valence-corrected chi connectivity index (χ4v) is 4.52. The van der Waals surface area contributed by atoms with E-state index in [4.69, 9.17) is 44.6 Å².